The Morgan fingerprint density at radius 3 is 2.41 bits per heavy atom. The Balaban J connectivity index is 1.70. The monoisotopic (exact) mass is 488 g/mol. The smallest absolute Gasteiger partial charge is 0.434 e. The molecule has 1 fully saturated rings. The second kappa shape index (κ2) is 9.05. The lowest BCUT2D eigenvalue weighted by Gasteiger charge is -2.29. The third-order valence-corrected chi connectivity index (χ3v) is 5.92. The molecule has 0 spiro atoms. The van der Waals surface area contributed by atoms with Crippen LogP contribution in [0.5, 0.6) is 5.88 Å². The molecule has 0 unspecified atom stereocenters. The lowest BCUT2D eigenvalue weighted by atomic mass is 9.87. The highest BCUT2D eigenvalue weighted by Gasteiger charge is 2.42. The quantitative estimate of drug-likeness (QED) is 0.493. The van der Waals surface area contributed by atoms with Gasteiger partial charge in [0.2, 0.25) is 5.88 Å². The van der Waals surface area contributed by atoms with E-state index < -0.39 is 30.1 Å². The summed E-state index contributed by atoms with van der Waals surface area (Å²) in [6.07, 6.45) is -6.65. The van der Waals surface area contributed by atoms with Crippen LogP contribution < -0.4 is 4.74 Å². The van der Waals surface area contributed by atoms with Crippen molar-refractivity contribution in [3.05, 3.63) is 36.0 Å². The van der Waals surface area contributed by atoms with E-state index in [4.69, 9.17) is 4.74 Å². The Labute approximate surface area is 190 Å². The fraction of sp³-hybridized carbons (Fsp3) is 0.500. The minimum atomic E-state index is -4.72. The van der Waals surface area contributed by atoms with E-state index in [0.29, 0.717) is 0 Å². The number of aliphatic hydroxyl groups excluding tert-OH is 1. The van der Waals surface area contributed by atoms with E-state index in [1.165, 1.54) is 22.9 Å². The van der Waals surface area contributed by atoms with Gasteiger partial charge in [-0.05, 0) is 38.7 Å². The van der Waals surface area contributed by atoms with E-state index in [1.807, 2.05) is 0 Å². The van der Waals surface area contributed by atoms with E-state index in [2.05, 4.69) is 15.0 Å². The molecule has 0 saturated heterocycles. The van der Waals surface area contributed by atoms with Crippen molar-refractivity contribution in [3.63, 3.8) is 0 Å². The molecule has 1 N–H and O–H groups in total. The summed E-state index contributed by atoms with van der Waals surface area (Å²) in [5.74, 6) is -1.04. The number of halogens is 6. The van der Waals surface area contributed by atoms with Crippen LogP contribution in [0.4, 0.5) is 26.3 Å². The average Bonchev–Trinajstić information content (AvgIpc) is 3.11. The van der Waals surface area contributed by atoms with Crippen LogP contribution in [0, 0.1) is 12.8 Å². The van der Waals surface area contributed by atoms with E-state index in [9.17, 15) is 31.4 Å². The second-order valence-electron chi connectivity index (χ2n) is 8.28. The predicted molar refractivity (Wildman–Crippen MR) is 110 cm³/mol. The Hall–Kier alpha value is -2.89. The molecule has 0 atom stereocenters. The molecule has 4 rings (SSSR count). The summed E-state index contributed by atoms with van der Waals surface area (Å²) in [6, 6.07) is 2.81. The molecule has 0 radical (unpaired) electrons. The Morgan fingerprint density at radius 2 is 1.79 bits per heavy atom. The predicted octanol–water partition coefficient (Wildman–Crippen LogP) is 5.31. The van der Waals surface area contributed by atoms with Crippen molar-refractivity contribution in [2.45, 2.75) is 57.6 Å². The van der Waals surface area contributed by atoms with Gasteiger partial charge in [0.1, 0.15) is 11.9 Å². The van der Waals surface area contributed by atoms with Gasteiger partial charge < -0.3 is 14.4 Å². The number of hydrogen-bond acceptors (Lipinski definition) is 5. The number of aromatic nitrogens is 4. The summed E-state index contributed by atoms with van der Waals surface area (Å²) in [4.78, 5) is 12.0. The lowest BCUT2D eigenvalue weighted by Crippen LogP contribution is -2.32. The minimum absolute atomic E-state index is 0.0552. The second-order valence-corrected chi connectivity index (χ2v) is 8.28. The molecular formula is C22H22F6N4O2. The molecule has 6 nitrogen and oxygen atoms in total. The van der Waals surface area contributed by atoms with Gasteiger partial charge in [-0.2, -0.15) is 31.3 Å². The summed E-state index contributed by atoms with van der Waals surface area (Å²) >= 11 is 0. The van der Waals surface area contributed by atoms with Gasteiger partial charge in [0.15, 0.2) is 5.69 Å². The summed E-state index contributed by atoms with van der Waals surface area (Å²) in [6.45, 7) is 1.32. The molecule has 0 amide bonds. The molecule has 1 aliphatic rings. The zero-order chi connectivity index (χ0) is 24.7. The van der Waals surface area contributed by atoms with Crippen molar-refractivity contribution in [2.24, 2.45) is 5.92 Å². The van der Waals surface area contributed by atoms with Crippen molar-refractivity contribution < 1.29 is 36.2 Å². The van der Waals surface area contributed by atoms with Gasteiger partial charge in [-0.3, -0.25) is 4.98 Å². The van der Waals surface area contributed by atoms with Gasteiger partial charge in [0.05, 0.1) is 23.7 Å². The molecule has 12 heteroatoms. The largest absolute Gasteiger partial charge is 0.474 e. The van der Waals surface area contributed by atoms with Gasteiger partial charge in [0, 0.05) is 36.0 Å². The van der Waals surface area contributed by atoms with Crippen LogP contribution in [0.3, 0.4) is 0 Å². The van der Waals surface area contributed by atoms with Gasteiger partial charge in [-0.15, -0.1) is 0 Å². The van der Waals surface area contributed by atoms with Crippen LogP contribution in [-0.4, -0.2) is 43.5 Å². The molecule has 3 aromatic rings. The normalized spacial score (nSPS) is 19.5. The highest BCUT2D eigenvalue weighted by Crippen LogP contribution is 2.41. The van der Waals surface area contributed by atoms with Crippen molar-refractivity contribution in [3.8, 4) is 17.1 Å². The van der Waals surface area contributed by atoms with Crippen LogP contribution in [0.1, 0.15) is 37.2 Å². The number of nitrogens with zero attached hydrogens (tertiary/aromatic N) is 4. The molecule has 184 valence electrons. The van der Waals surface area contributed by atoms with Crippen molar-refractivity contribution in [2.75, 3.05) is 6.61 Å². The molecule has 1 saturated carbocycles. The zero-order valence-electron chi connectivity index (χ0n) is 18.1. The number of alkyl halides is 6. The van der Waals surface area contributed by atoms with E-state index in [1.54, 1.807) is 6.92 Å². The van der Waals surface area contributed by atoms with Crippen LogP contribution in [-0.2, 0) is 12.7 Å². The maximum absolute atomic E-state index is 13.7. The summed E-state index contributed by atoms with van der Waals surface area (Å²) < 4.78 is 87.3. The van der Waals surface area contributed by atoms with Crippen molar-refractivity contribution in [1.29, 1.82) is 0 Å². The maximum atomic E-state index is 13.7. The lowest BCUT2D eigenvalue weighted by molar-refractivity contribution is -0.185. The average molecular weight is 488 g/mol. The number of aliphatic hydroxyl groups is 1. The number of pyridine rings is 1. The summed E-state index contributed by atoms with van der Waals surface area (Å²) in [7, 11) is 0. The third-order valence-electron chi connectivity index (χ3n) is 5.92. The summed E-state index contributed by atoms with van der Waals surface area (Å²) in [5, 5.41) is 9.18. The third kappa shape index (κ3) is 4.96. The summed E-state index contributed by atoms with van der Waals surface area (Å²) in [5.41, 5.74) is -0.553. The van der Waals surface area contributed by atoms with Crippen LogP contribution >= 0.6 is 0 Å². The number of rotatable bonds is 5. The molecule has 3 aromatic heterocycles. The first-order valence-corrected chi connectivity index (χ1v) is 10.7. The molecule has 0 aliphatic heterocycles. The van der Waals surface area contributed by atoms with Crippen molar-refractivity contribution >= 4 is 10.9 Å². The number of fused-ring (bicyclic) bond motifs is 1. The first-order valence-electron chi connectivity index (χ1n) is 10.7. The topological polar surface area (TPSA) is 73.1 Å². The van der Waals surface area contributed by atoms with E-state index in [0.717, 1.165) is 6.20 Å². The highest BCUT2D eigenvalue weighted by molar-refractivity contribution is 5.97. The van der Waals surface area contributed by atoms with Crippen molar-refractivity contribution in [1.82, 2.24) is 19.5 Å². The first-order chi connectivity index (χ1) is 16.0. The van der Waals surface area contributed by atoms with Gasteiger partial charge in [-0.25, -0.2) is 4.98 Å². The van der Waals surface area contributed by atoms with E-state index in [-0.39, 0.29) is 72.7 Å². The Kier molecular flexibility index (Phi) is 6.45. The zero-order valence-corrected chi connectivity index (χ0v) is 18.1. The van der Waals surface area contributed by atoms with E-state index >= 15 is 0 Å². The fourth-order valence-corrected chi connectivity index (χ4v) is 4.37. The first kappa shape index (κ1) is 24.2. The van der Waals surface area contributed by atoms with Crippen LogP contribution in [0.15, 0.2) is 24.5 Å². The van der Waals surface area contributed by atoms with Gasteiger partial charge >= 0.3 is 12.4 Å². The molecular weight excluding hydrogens is 466 g/mol. The number of aryl methyl sites for hydroxylation is 1. The molecule has 0 aromatic carbocycles. The molecule has 3 heterocycles. The molecule has 1 aliphatic carbocycles. The molecule has 0 bridgehead atoms. The maximum Gasteiger partial charge on any atom is 0.434 e. The SMILES string of the molecule is Cc1nc(OC2CCC(C(F)(F)F)CC2)cc(-c2cn(CCO)c3ccnc(C(F)(F)F)c23)n1. The van der Waals surface area contributed by atoms with Crippen LogP contribution in [0.2, 0.25) is 0 Å². The number of hydrogen-bond donors (Lipinski definition) is 1. The Bertz CT molecular complexity index is 1170. The number of ether oxygens (including phenoxy) is 1. The standard InChI is InChI=1S/C22H22F6N4O2/c1-12-30-16(10-18(31-12)34-14-4-2-13(3-5-14)21(23,24)25)15-11-32(8-9-33)17-6-7-29-20(19(15)17)22(26,27)28/h6-7,10-11,13-14,33H,2-5,8-9H2,1H3. The molecule has 34 heavy (non-hydrogen) atoms. The van der Waals surface area contributed by atoms with Gasteiger partial charge in [0.25, 0.3) is 0 Å². The highest BCUT2D eigenvalue weighted by atomic mass is 19.4. The fourth-order valence-electron chi connectivity index (χ4n) is 4.37. The minimum Gasteiger partial charge on any atom is -0.474 e. The Morgan fingerprint density at radius 1 is 1.09 bits per heavy atom. The van der Waals surface area contributed by atoms with Crippen LogP contribution in [0.25, 0.3) is 22.2 Å². The van der Waals surface area contributed by atoms with Gasteiger partial charge in [-0.1, -0.05) is 0 Å².